The smallest absolute Gasteiger partial charge is 0.0365 e. The molecule has 0 heterocycles. The fourth-order valence-electron chi connectivity index (χ4n) is 0.282. The molecule has 0 aliphatic carbocycles. The molecule has 0 N–H and O–H groups in total. The van der Waals surface area contributed by atoms with Crippen molar-refractivity contribution in [3.05, 3.63) is 6.42 Å². The number of hydrogen-bond donors (Lipinski definition) is 0. The molecule has 0 aliphatic heterocycles. The van der Waals surface area contributed by atoms with E-state index in [-0.39, 0.29) is 0 Å². The minimum absolute atomic E-state index is 0.588. The Morgan fingerprint density at radius 1 is 1.86 bits per heavy atom. The van der Waals surface area contributed by atoms with Gasteiger partial charge < -0.3 is 0 Å². The summed E-state index contributed by atoms with van der Waals surface area (Å²) in [5, 5.41) is 0. The SMILES string of the molecule is C#C[CH]C(C)CC. The first-order chi connectivity index (χ1) is 3.31. The molecule has 0 nitrogen and oxygen atoms in total. The minimum Gasteiger partial charge on any atom is -0.120 e. The van der Waals surface area contributed by atoms with Crippen molar-refractivity contribution in [2.24, 2.45) is 5.92 Å². The molecule has 0 bridgehead atoms. The monoisotopic (exact) mass is 95.1 g/mol. The van der Waals surface area contributed by atoms with Crippen LogP contribution in [0.5, 0.6) is 0 Å². The Bertz CT molecular complexity index is 66.6. The topological polar surface area (TPSA) is 0 Å². The lowest BCUT2D eigenvalue weighted by atomic mass is 10.1. The van der Waals surface area contributed by atoms with Crippen molar-refractivity contribution in [2.45, 2.75) is 20.3 Å². The molecular formula is C7H11. The van der Waals surface area contributed by atoms with Crippen molar-refractivity contribution in [3.8, 4) is 12.3 Å². The highest BCUT2D eigenvalue weighted by molar-refractivity contribution is 5.02. The molecule has 0 saturated heterocycles. The number of hydrogen-bond acceptors (Lipinski definition) is 0. The van der Waals surface area contributed by atoms with Gasteiger partial charge in [-0.15, -0.1) is 12.3 Å². The molecular weight excluding hydrogens is 84.1 g/mol. The zero-order chi connectivity index (χ0) is 5.70. The largest absolute Gasteiger partial charge is 0.120 e. The first kappa shape index (κ1) is 6.56. The molecule has 0 aliphatic rings. The Morgan fingerprint density at radius 3 is 2.57 bits per heavy atom. The minimum atomic E-state index is 0.588. The van der Waals surface area contributed by atoms with E-state index < -0.39 is 0 Å². The molecule has 0 spiro atoms. The van der Waals surface area contributed by atoms with Gasteiger partial charge in [-0.3, -0.25) is 0 Å². The van der Waals surface area contributed by atoms with Crippen molar-refractivity contribution in [2.75, 3.05) is 0 Å². The van der Waals surface area contributed by atoms with Gasteiger partial charge in [0, 0.05) is 6.42 Å². The maximum Gasteiger partial charge on any atom is 0.0365 e. The van der Waals surface area contributed by atoms with Gasteiger partial charge in [0.2, 0.25) is 0 Å². The van der Waals surface area contributed by atoms with Gasteiger partial charge in [-0.2, -0.15) is 0 Å². The fourth-order valence-corrected chi connectivity index (χ4v) is 0.282. The second-order valence-corrected chi connectivity index (χ2v) is 1.72. The van der Waals surface area contributed by atoms with Crippen LogP contribution in [0.25, 0.3) is 0 Å². The van der Waals surface area contributed by atoms with Gasteiger partial charge in [-0.05, 0) is 5.92 Å². The molecule has 0 amide bonds. The summed E-state index contributed by atoms with van der Waals surface area (Å²) in [7, 11) is 0. The Labute approximate surface area is 45.9 Å². The Kier molecular flexibility index (Phi) is 3.50. The van der Waals surface area contributed by atoms with Crippen LogP contribution in [0.2, 0.25) is 0 Å². The molecule has 39 valence electrons. The third-order valence-corrected chi connectivity index (χ3v) is 1.02. The normalized spacial score (nSPS) is 12.7. The van der Waals surface area contributed by atoms with Crippen LogP contribution in [0.1, 0.15) is 20.3 Å². The zero-order valence-electron chi connectivity index (χ0n) is 4.94. The molecule has 0 saturated carbocycles. The average Bonchev–Trinajstić information content (AvgIpc) is 1.68. The van der Waals surface area contributed by atoms with Crippen LogP contribution in [0, 0.1) is 24.7 Å². The van der Waals surface area contributed by atoms with Gasteiger partial charge in [0.15, 0.2) is 0 Å². The Balaban J connectivity index is 3.03. The molecule has 0 rings (SSSR count). The summed E-state index contributed by atoms with van der Waals surface area (Å²) in [6, 6.07) is 0. The van der Waals surface area contributed by atoms with E-state index in [1.165, 1.54) is 0 Å². The lowest BCUT2D eigenvalue weighted by Gasteiger charge is -1.97. The van der Waals surface area contributed by atoms with Gasteiger partial charge in [-0.1, -0.05) is 20.3 Å². The summed E-state index contributed by atoms with van der Waals surface area (Å²) in [6.07, 6.45) is 8.02. The molecule has 1 radical (unpaired) electrons. The van der Waals surface area contributed by atoms with Gasteiger partial charge in [-0.25, -0.2) is 0 Å². The lowest BCUT2D eigenvalue weighted by Crippen LogP contribution is -1.88. The average molecular weight is 95.2 g/mol. The summed E-state index contributed by atoms with van der Waals surface area (Å²) in [4.78, 5) is 0. The molecule has 0 aromatic rings. The van der Waals surface area contributed by atoms with E-state index in [1.54, 1.807) is 0 Å². The van der Waals surface area contributed by atoms with Crippen LogP contribution in [0.4, 0.5) is 0 Å². The van der Waals surface area contributed by atoms with E-state index in [9.17, 15) is 0 Å². The van der Waals surface area contributed by atoms with E-state index in [1.807, 2.05) is 6.42 Å². The highest BCUT2D eigenvalue weighted by Crippen LogP contribution is 2.01. The Hall–Kier alpha value is -0.440. The standard InChI is InChI=1S/C7H11/c1-4-6-7(3)5-2/h1,6-7H,5H2,2-3H3. The van der Waals surface area contributed by atoms with Gasteiger partial charge in [0.25, 0.3) is 0 Å². The van der Waals surface area contributed by atoms with Crippen molar-refractivity contribution >= 4 is 0 Å². The van der Waals surface area contributed by atoms with Crippen molar-refractivity contribution in [1.82, 2.24) is 0 Å². The third-order valence-electron chi connectivity index (χ3n) is 1.02. The molecule has 0 aromatic heterocycles. The van der Waals surface area contributed by atoms with Crippen molar-refractivity contribution < 1.29 is 0 Å². The zero-order valence-corrected chi connectivity index (χ0v) is 4.94. The Morgan fingerprint density at radius 2 is 2.43 bits per heavy atom. The van der Waals surface area contributed by atoms with Crippen LogP contribution in [0.3, 0.4) is 0 Å². The highest BCUT2D eigenvalue weighted by Gasteiger charge is 1.91. The molecule has 1 unspecified atom stereocenters. The summed E-state index contributed by atoms with van der Waals surface area (Å²) in [5.41, 5.74) is 0. The molecule has 0 fully saturated rings. The van der Waals surface area contributed by atoms with Gasteiger partial charge in [0.1, 0.15) is 0 Å². The predicted molar refractivity (Wildman–Crippen MR) is 32.6 cm³/mol. The molecule has 1 atom stereocenters. The van der Waals surface area contributed by atoms with E-state index in [0.29, 0.717) is 5.92 Å². The molecule has 7 heavy (non-hydrogen) atoms. The van der Waals surface area contributed by atoms with Crippen LogP contribution < -0.4 is 0 Å². The maximum absolute atomic E-state index is 5.00. The predicted octanol–water partition coefficient (Wildman–Crippen LogP) is 1.87. The summed E-state index contributed by atoms with van der Waals surface area (Å²) >= 11 is 0. The second kappa shape index (κ2) is 3.74. The summed E-state index contributed by atoms with van der Waals surface area (Å²) in [6.45, 7) is 4.23. The quantitative estimate of drug-likeness (QED) is 0.459. The lowest BCUT2D eigenvalue weighted by molar-refractivity contribution is 0.669. The number of rotatable bonds is 2. The van der Waals surface area contributed by atoms with Crippen LogP contribution in [0.15, 0.2) is 0 Å². The third kappa shape index (κ3) is 3.39. The fraction of sp³-hybridized carbons (Fsp3) is 0.571. The van der Waals surface area contributed by atoms with Crippen molar-refractivity contribution in [3.63, 3.8) is 0 Å². The first-order valence-electron chi connectivity index (χ1n) is 2.60. The molecule has 0 heteroatoms. The van der Waals surface area contributed by atoms with E-state index >= 15 is 0 Å². The highest BCUT2D eigenvalue weighted by atomic mass is 14.0. The van der Waals surface area contributed by atoms with Crippen LogP contribution in [-0.2, 0) is 0 Å². The van der Waals surface area contributed by atoms with Crippen molar-refractivity contribution in [1.29, 1.82) is 0 Å². The summed E-state index contributed by atoms with van der Waals surface area (Å²) < 4.78 is 0. The van der Waals surface area contributed by atoms with Gasteiger partial charge in [0.05, 0.1) is 0 Å². The maximum atomic E-state index is 5.00. The van der Waals surface area contributed by atoms with E-state index in [0.717, 1.165) is 6.42 Å². The van der Waals surface area contributed by atoms with Gasteiger partial charge >= 0.3 is 0 Å². The number of terminal acetylenes is 1. The van der Waals surface area contributed by atoms with Crippen LogP contribution in [-0.4, -0.2) is 0 Å². The second-order valence-electron chi connectivity index (χ2n) is 1.72. The molecule has 0 aromatic carbocycles. The first-order valence-corrected chi connectivity index (χ1v) is 2.60. The van der Waals surface area contributed by atoms with E-state index in [2.05, 4.69) is 19.8 Å². The summed E-state index contributed by atoms with van der Waals surface area (Å²) in [5.74, 6) is 3.08. The van der Waals surface area contributed by atoms with Crippen LogP contribution >= 0.6 is 0 Å². The van der Waals surface area contributed by atoms with E-state index in [4.69, 9.17) is 6.42 Å².